The molecule has 1 aromatic carbocycles. The van der Waals surface area contributed by atoms with Crippen LogP contribution < -0.4 is 0 Å². The Hall–Kier alpha value is -1.04. The lowest BCUT2D eigenvalue weighted by molar-refractivity contribution is 0.678. The van der Waals surface area contributed by atoms with Gasteiger partial charge in [0.25, 0.3) is 0 Å². The molecule has 0 saturated carbocycles. The minimum Gasteiger partial charge on any atom is -0.0882 e. The van der Waals surface area contributed by atoms with Crippen LogP contribution in [0.3, 0.4) is 0 Å². The SMILES string of the molecule is [CH]1C=CCCC[C@H]1c1ccccc1. The number of allylic oxidation sites excluding steroid dienone is 2. The normalized spacial score (nSPS) is 22.6. The Bertz CT molecular complexity index is 271. The van der Waals surface area contributed by atoms with Crippen LogP contribution in [0.15, 0.2) is 42.5 Å². The highest BCUT2D eigenvalue weighted by molar-refractivity contribution is 5.25. The Morgan fingerprint density at radius 3 is 2.77 bits per heavy atom. The van der Waals surface area contributed by atoms with Crippen LogP contribution in [-0.4, -0.2) is 0 Å². The fraction of sp³-hybridized carbons (Fsp3) is 0.308. The predicted molar refractivity (Wildman–Crippen MR) is 56.5 cm³/mol. The smallest absolute Gasteiger partial charge is 0.00930 e. The Morgan fingerprint density at radius 1 is 1.08 bits per heavy atom. The van der Waals surface area contributed by atoms with E-state index in [1.165, 1.54) is 24.8 Å². The largest absolute Gasteiger partial charge is 0.0882 e. The second-order valence-corrected chi connectivity index (χ2v) is 3.57. The van der Waals surface area contributed by atoms with Gasteiger partial charge in [-0.1, -0.05) is 42.5 Å². The summed E-state index contributed by atoms with van der Waals surface area (Å²) >= 11 is 0. The van der Waals surface area contributed by atoms with Gasteiger partial charge in [-0.05, 0) is 37.2 Å². The first-order valence-corrected chi connectivity index (χ1v) is 5.02. The van der Waals surface area contributed by atoms with Crippen molar-refractivity contribution in [3.8, 4) is 0 Å². The summed E-state index contributed by atoms with van der Waals surface area (Å²) in [6.45, 7) is 0. The fourth-order valence-corrected chi connectivity index (χ4v) is 1.84. The summed E-state index contributed by atoms with van der Waals surface area (Å²) in [6, 6.07) is 10.8. The minimum atomic E-state index is 0.639. The molecule has 67 valence electrons. The van der Waals surface area contributed by atoms with Crippen molar-refractivity contribution in [3.05, 3.63) is 54.5 Å². The summed E-state index contributed by atoms with van der Waals surface area (Å²) in [4.78, 5) is 0. The van der Waals surface area contributed by atoms with Gasteiger partial charge in [0.1, 0.15) is 0 Å². The summed E-state index contributed by atoms with van der Waals surface area (Å²) in [5.74, 6) is 0.639. The Kier molecular flexibility index (Phi) is 2.81. The van der Waals surface area contributed by atoms with Crippen LogP contribution >= 0.6 is 0 Å². The molecular formula is C13H15. The second-order valence-electron chi connectivity index (χ2n) is 3.57. The number of benzene rings is 1. The van der Waals surface area contributed by atoms with Crippen LogP contribution in [0.2, 0.25) is 0 Å². The highest BCUT2D eigenvalue weighted by atomic mass is 14.1. The van der Waals surface area contributed by atoms with Crippen LogP contribution in [0.4, 0.5) is 0 Å². The molecule has 0 unspecified atom stereocenters. The maximum atomic E-state index is 2.32. The summed E-state index contributed by atoms with van der Waals surface area (Å²) in [5.41, 5.74) is 1.45. The third-order valence-electron chi connectivity index (χ3n) is 2.59. The molecule has 13 heavy (non-hydrogen) atoms. The van der Waals surface area contributed by atoms with Gasteiger partial charge >= 0.3 is 0 Å². The molecule has 1 aliphatic carbocycles. The molecule has 0 saturated heterocycles. The molecule has 0 nitrogen and oxygen atoms in total. The van der Waals surface area contributed by atoms with Gasteiger partial charge in [0, 0.05) is 0 Å². The molecule has 0 N–H and O–H groups in total. The number of rotatable bonds is 1. The van der Waals surface area contributed by atoms with Crippen molar-refractivity contribution < 1.29 is 0 Å². The zero-order chi connectivity index (χ0) is 8.93. The molecular weight excluding hydrogens is 156 g/mol. The molecule has 0 heterocycles. The van der Waals surface area contributed by atoms with Crippen LogP contribution in [0.5, 0.6) is 0 Å². The first-order valence-electron chi connectivity index (χ1n) is 5.02. The molecule has 0 aliphatic heterocycles. The topological polar surface area (TPSA) is 0 Å². The van der Waals surface area contributed by atoms with E-state index in [-0.39, 0.29) is 0 Å². The van der Waals surface area contributed by atoms with Gasteiger partial charge < -0.3 is 0 Å². The highest BCUT2D eigenvalue weighted by Gasteiger charge is 2.10. The number of hydrogen-bond acceptors (Lipinski definition) is 0. The second kappa shape index (κ2) is 4.27. The molecule has 0 aromatic heterocycles. The van der Waals surface area contributed by atoms with Crippen LogP contribution in [0.25, 0.3) is 0 Å². The van der Waals surface area contributed by atoms with E-state index in [2.05, 4.69) is 48.9 Å². The first-order chi connectivity index (χ1) is 6.47. The van der Waals surface area contributed by atoms with Gasteiger partial charge in [0.15, 0.2) is 0 Å². The third-order valence-corrected chi connectivity index (χ3v) is 2.59. The van der Waals surface area contributed by atoms with Crippen LogP contribution in [0, 0.1) is 6.42 Å². The molecule has 1 atom stereocenters. The molecule has 0 bridgehead atoms. The summed E-state index contributed by atoms with van der Waals surface area (Å²) < 4.78 is 0. The van der Waals surface area contributed by atoms with Gasteiger partial charge in [-0.15, -0.1) is 0 Å². The van der Waals surface area contributed by atoms with Gasteiger partial charge in [-0.2, -0.15) is 0 Å². The first kappa shape index (κ1) is 8.55. The highest BCUT2D eigenvalue weighted by Crippen LogP contribution is 2.27. The van der Waals surface area contributed by atoms with Crippen molar-refractivity contribution >= 4 is 0 Å². The van der Waals surface area contributed by atoms with E-state index < -0.39 is 0 Å². The Labute approximate surface area is 80.3 Å². The third kappa shape index (κ3) is 2.21. The van der Waals surface area contributed by atoms with Crippen molar-refractivity contribution in [2.24, 2.45) is 0 Å². The van der Waals surface area contributed by atoms with Gasteiger partial charge in [0.05, 0.1) is 0 Å². The van der Waals surface area contributed by atoms with E-state index in [0.29, 0.717) is 5.92 Å². The lowest BCUT2D eigenvalue weighted by atomic mass is 9.92. The van der Waals surface area contributed by atoms with Crippen LogP contribution in [-0.2, 0) is 0 Å². The molecule has 2 rings (SSSR count). The van der Waals surface area contributed by atoms with Gasteiger partial charge in [0.2, 0.25) is 0 Å². The average Bonchev–Trinajstić information content (AvgIpc) is 2.47. The predicted octanol–water partition coefficient (Wildman–Crippen LogP) is 3.71. The van der Waals surface area contributed by atoms with Crippen molar-refractivity contribution in [1.82, 2.24) is 0 Å². The van der Waals surface area contributed by atoms with E-state index in [0.717, 1.165) is 0 Å². The maximum absolute atomic E-state index is 2.32. The lowest BCUT2D eigenvalue weighted by Crippen LogP contribution is -1.96. The molecule has 0 heteroatoms. The van der Waals surface area contributed by atoms with E-state index in [4.69, 9.17) is 0 Å². The molecule has 0 spiro atoms. The molecule has 0 amide bonds. The summed E-state index contributed by atoms with van der Waals surface area (Å²) in [5, 5.41) is 0. The minimum absolute atomic E-state index is 0.639. The van der Waals surface area contributed by atoms with E-state index in [1.807, 2.05) is 0 Å². The molecule has 1 radical (unpaired) electrons. The zero-order valence-electron chi connectivity index (χ0n) is 7.82. The maximum Gasteiger partial charge on any atom is -0.00930 e. The fourth-order valence-electron chi connectivity index (χ4n) is 1.84. The lowest BCUT2D eigenvalue weighted by Gasteiger charge is -2.12. The van der Waals surface area contributed by atoms with Crippen molar-refractivity contribution in [2.75, 3.05) is 0 Å². The van der Waals surface area contributed by atoms with Crippen molar-refractivity contribution in [2.45, 2.75) is 25.2 Å². The quantitative estimate of drug-likeness (QED) is 0.604. The van der Waals surface area contributed by atoms with E-state index in [9.17, 15) is 0 Å². The van der Waals surface area contributed by atoms with Crippen LogP contribution in [0.1, 0.15) is 30.7 Å². The van der Waals surface area contributed by atoms with Crippen molar-refractivity contribution in [3.63, 3.8) is 0 Å². The summed E-state index contributed by atoms with van der Waals surface area (Å²) in [7, 11) is 0. The molecule has 1 aromatic rings. The Morgan fingerprint density at radius 2 is 1.92 bits per heavy atom. The molecule has 0 fully saturated rings. The zero-order valence-corrected chi connectivity index (χ0v) is 7.82. The monoisotopic (exact) mass is 171 g/mol. The van der Waals surface area contributed by atoms with Gasteiger partial charge in [-0.3, -0.25) is 0 Å². The standard InChI is InChI=1S/C13H15/c1-2-5-9-12(8-4-1)13-10-6-3-7-11-13/h1,3-4,6-8,10-12H,2,5,9H2/t12-/m0/s1. The molecule has 1 aliphatic rings. The van der Waals surface area contributed by atoms with Gasteiger partial charge in [-0.25, -0.2) is 0 Å². The Balaban J connectivity index is 2.12. The average molecular weight is 171 g/mol. The van der Waals surface area contributed by atoms with E-state index >= 15 is 0 Å². The van der Waals surface area contributed by atoms with Crippen molar-refractivity contribution in [1.29, 1.82) is 0 Å². The van der Waals surface area contributed by atoms with E-state index in [1.54, 1.807) is 0 Å². The number of hydrogen-bond donors (Lipinski definition) is 0. The summed E-state index contributed by atoms with van der Waals surface area (Å²) in [6.07, 6.45) is 10.6.